The fraction of sp³-hybridized carbons (Fsp3) is 0.417. The van der Waals surface area contributed by atoms with Crippen molar-refractivity contribution in [1.82, 2.24) is 5.32 Å². The van der Waals surface area contributed by atoms with Gasteiger partial charge in [-0.15, -0.1) is 0 Å². The van der Waals surface area contributed by atoms with E-state index in [0.717, 1.165) is 23.7 Å². The lowest BCUT2D eigenvalue weighted by atomic mass is 9.77. The van der Waals surface area contributed by atoms with E-state index in [2.05, 4.69) is 21.2 Å². The highest BCUT2D eigenvalue weighted by Crippen LogP contribution is 2.31. The van der Waals surface area contributed by atoms with Crippen LogP contribution in [0.15, 0.2) is 22.7 Å². The number of hydrogen-bond donors (Lipinski definition) is 3. The summed E-state index contributed by atoms with van der Waals surface area (Å²) in [6.07, 6.45) is 2.71. The minimum absolute atomic E-state index is 0.00918. The molecule has 4 N–H and O–H groups in total. The number of rotatable bonds is 3. The Morgan fingerprint density at radius 2 is 2.24 bits per heavy atom. The molecule has 0 heterocycles. The molecular weight excluding hydrogens is 284 g/mol. The van der Waals surface area contributed by atoms with Crippen LogP contribution in [0.3, 0.4) is 0 Å². The highest BCUT2D eigenvalue weighted by atomic mass is 79.9. The zero-order valence-corrected chi connectivity index (χ0v) is 11.0. The number of anilines is 1. The van der Waals surface area contributed by atoms with Crippen LogP contribution in [0.5, 0.6) is 0 Å². The summed E-state index contributed by atoms with van der Waals surface area (Å²) in [5, 5.41) is 12.2. The first-order valence-electron chi connectivity index (χ1n) is 5.55. The van der Waals surface area contributed by atoms with Crippen LogP contribution >= 0.6 is 15.9 Å². The van der Waals surface area contributed by atoms with Crippen molar-refractivity contribution in [3.8, 4) is 0 Å². The molecule has 1 aromatic carbocycles. The van der Waals surface area contributed by atoms with Gasteiger partial charge in [-0.25, -0.2) is 0 Å². The highest BCUT2D eigenvalue weighted by Gasteiger charge is 2.37. The van der Waals surface area contributed by atoms with Gasteiger partial charge in [0, 0.05) is 15.7 Å². The predicted octanol–water partition coefficient (Wildman–Crippen LogP) is 1.68. The molecule has 5 heteroatoms. The van der Waals surface area contributed by atoms with Crippen molar-refractivity contribution in [1.29, 1.82) is 0 Å². The number of benzene rings is 1. The monoisotopic (exact) mass is 298 g/mol. The van der Waals surface area contributed by atoms with Gasteiger partial charge in [-0.3, -0.25) is 4.79 Å². The fourth-order valence-corrected chi connectivity index (χ4v) is 2.17. The molecule has 0 spiro atoms. The van der Waals surface area contributed by atoms with E-state index in [1.54, 1.807) is 18.2 Å². The topological polar surface area (TPSA) is 75.4 Å². The summed E-state index contributed by atoms with van der Waals surface area (Å²) < 4.78 is 0.773. The van der Waals surface area contributed by atoms with E-state index in [1.807, 2.05) is 0 Å². The van der Waals surface area contributed by atoms with Gasteiger partial charge >= 0.3 is 0 Å². The van der Waals surface area contributed by atoms with Crippen LogP contribution in [0.2, 0.25) is 0 Å². The summed E-state index contributed by atoms with van der Waals surface area (Å²) in [5.74, 6) is -0.182. The summed E-state index contributed by atoms with van der Waals surface area (Å²) >= 11 is 3.28. The van der Waals surface area contributed by atoms with Crippen molar-refractivity contribution in [2.24, 2.45) is 0 Å². The average Bonchev–Trinajstić information content (AvgIpc) is 2.27. The second-order valence-electron chi connectivity index (χ2n) is 4.48. The van der Waals surface area contributed by atoms with Crippen LogP contribution in [0.1, 0.15) is 29.6 Å². The Morgan fingerprint density at radius 3 is 2.71 bits per heavy atom. The molecule has 1 aliphatic rings. The lowest BCUT2D eigenvalue weighted by Crippen LogP contribution is -2.56. The smallest absolute Gasteiger partial charge is 0.251 e. The average molecular weight is 299 g/mol. The SMILES string of the molecule is Nc1cc(C(=O)NC2(CO)CCC2)ccc1Br. The maximum atomic E-state index is 12.0. The molecule has 0 saturated heterocycles. The minimum Gasteiger partial charge on any atom is -0.398 e. The number of aliphatic hydroxyl groups excluding tert-OH is 1. The molecule has 0 aromatic heterocycles. The first kappa shape index (κ1) is 12.4. The molecule has 1 aromatic rings. The number of hydrogen-bond acceptors (Lipinski definition) is 3. The Bertz CT molecular complexity index is 439. The van der Waals surface area contributed by atoms with Gasteiger partial charge in [0.25, 0.3) is 5.91 Å². The van der Waals surface area contributed by atoms with Crippen LogP contribution in [-0.2, 0) is 0 Å². The molecule has 0 unspecified atom stereocenters. The first-order valence-corrected chi connectivity index (χ1v) is 6.34. The second kappa shape index (κ2) is 4.66. The molecule has 2 rings (SSSR count). The van der Waals surface area contributed by atoms with E-state index in [4.69, 9.17) is 5.73 Å². The van der Waals surface area contributed by atoms with Crippen molar-refractivity contribution >= 4 is 27.5 Å². The van der Waals surface area contributed by atoms with Gasteiger partial charge in [0.1, 0.15) is 0 Å². The van der Waals surface area contributed by atoms with Crippen LogP contribution < -0.4 is 11.1 Å². The lowest BCUT2D eigenvalue weighted by Gasteiger charge is -2.40. The Hall–Kier alpha value is -1.07. The van der Waals surface area contributed by atoms with Gasteiger partial charge in [-0.1, -0.05) is 0 Å². The third-order valence-electron chi connectivity index (χ3n) is 3.25. The quantitative estimate of drug-likeness (QED) is 0.743. The molecule has 4 nitrogen and oxygen atoms in total. The van der Waals surface area contributed by atoms with Crippen molar-refractivity contribution in [3.05, 3.63) is 28.2 Å². The standard InChI is InChI=1S/C12H15BrN2O2/c13-9-3-2-8(6-10(9)14)11(17)15-12(7-16)4-1-5-12/h2-3,6,16H,1,4-5,7,14H2,(H,15,17). The Morgan fingerprint density at radius 1 is 1.53 bits per heavy atom. The largest absolute Gasteiger partial charge is 0.398 e. The molecule has 1 fully saturated rings. The number of nitrogens with one attached hydrogen (secondary N) is 1. The summed E-state index contributed by atoms with van der Waals surface area (Å²) in [6, 6.07) is 5.08. The van der Waals surface area contributed by atoms with Gasteiger partial charge in [-0.2, -0.15) is 0 Å². The van der Waals surface area contributed by atoms with Crippen molar-refractivity contribution in [2.75, 3.05) is 12.3 Å². The number of amides is 1. The van der Waals surface area contributed by atoms with E-state index in [1.165, 1.54) is 0 Å². The van der Waals surface area contributed by atoms with E-state index >= 15 is 0 Å². The fourth-order valence-electron chi connectivity index (χ4n) is 1.92. The molecule has 0 bridgehead atoms. The molecule has 0 radical (unpaired) electrons. The molecule has 17 heavy (non-hydrogen) atoms. The molecule has 1 amide bonds. The van der Waals surface area contributed by atoms with E-state index in [-0.39, 0.29) is 12.5 Å². The number of carbonyl (C=O) groups excluding carboxylic acids is 1. The molecular formula is C12H15BrN2O2. The second-order valence-corrected chi connectivity index (χ2v) is 5.34. The maximum Gasteiger partial charge on any atom is 0.251 e. The molecule has 1 aliphatic carbocycles. The lowest BCUT2D eigenvalue weighted by molar-refractivity contribution is 0.0641. The number of nitrogen functional groups attached to an aromatic ring is 1. The van der Waals surface area contributed by atoms with Gasteiger partial charge in [0.15, 0.2) is 0 Å². The third-order valence-corrected chi connectivity index (χ3v) is 3.97. The highest BCUT2D eigenvalue weighted by molar-refractivity contribution is 9.10. The van der Waals surface area contributed by atoms with E-state index in [9.17, 15) is 9.90 Å². The first-order chi connectivity index (χ1) is 8.06. The zero-order chi connectivity index (χ0) is 12.5. The maximum absolute atomic E-state index is 12.0. The van der Waals surface area contributed by atoms with Gasteiger partial charge in [0.05, 0.1) is 12.1 Å². The minimum atomic E-state index is -0.418. The predicted molar refractivity (Wildman–Crippen MR) is 69.7 cm³/mol. The summed E-state index contributed by atoms with van der Waals surface area (Å²) in [6.45, 7) is -0.00918. The van der Waals surface area contributed by atoms with Crippen LogP contribution in [0.25, 0.3) is 0 Å². The summed E-state index contributed by atoms with van der Waals surface area (Å²) in [4.78, 5) is 12.0. The van der Waals surface area contributed by atoms with Gasteiger partial charge in [-0.05, 0) is 53.4 Å². The zero-order valence-electron chi connectivity index (χ0n) is 9.37. The normalized spacial score (nSPS) is 17.3. The number of carbonyl (C=O) groups is 1. The van der Waals surface area contributed by atoms with Crippen molar-refractivity contribution in [2.45, 2.75) is 24.8 Å². The Labute approximate surface area is 108 Å². The van der Waals surface area contributed by atoms with Crippen LogP contribution in [-0.4, -0.2) is 23.2 Å². The van der Waals surface area contributed by atoms with Crippen LogP contribution in [0.4, 0.5) is 5.69 Å². The Kier molecular flexibility index (Phi) is 3.40. The van der Waals surface area contributed by atoms with E-state index < -0.39 is 5.54 Å². The van der Waals surface area contributed by atoms with E-state index in [0.29, 0.717) is 11.3 Å². The molecule has 92 valence electrons. The third kappa shape index (κ3) is 2.45. The molecule has 0 atom stereocenters. The van der Waals surface area contributed by atoms with Gasteiger partial charge in [0.2, 0.25) is 0 Å². The Balaban J connectivity index is 2.11. The summed E-state index contributed by atoms with van der Waals surface area (Å²) in [5.41, 5.74) is 6.36. The number of halogens is 1. The molecule has 1 saturated carbocycles. The number of nitrogens with two attached hydrogens (primary N) is 1. The molecule has 0 aliphatic heterocycles. The van der Waals surface area contributed by atoms with Crippen molar-refractivity contribution < 1.29 is 9.90 Å². The van der Waals surface area contributed by atoms with Crippen molar-refractivity contribution in [3.63, 3.8) is 0 Å². The van der Waals surface area contributed by atoms with Gasteiger partial charge < -0.3 is 16.2 Å². The number of aliphatic hydroxyl groups is 1. The summed E-state index contributed by atoms with van der Waals surface area (Å²) in [7, 11) is 0. The van der Waals surface area contributed by atoms with Crippen LogP contribution in [0, 0.1) is 0 Å².